The van der Waals surface area contributed by atoms with E-state index in [2.05, 4.69) is 15.6 Å². The second-order valence-electron chi connectivity index (χ2n) is 6.54. The Kier molecular flexibility index (Phi) is 6.91. The standard InChI is InChI=1S/C22H17ClF3N3O2/c23-19-9-8-17(13-29-19)21(31)28-11-10-27-20(30)15-6-4-14(5-7-15)16-2-1-3-18(12-16)22(24,25)26/h1-9,12-13H,10-11H2,(H,27,30)(H,28,31). The molecule has 0 radical (unpaired) electrons. The van der Waals surface area contributed by atoms with Crippen molar-refractivity contribution < 1.29 is 22.8 Å². The third-order valence-corrected chi connectivity index (χ3v) is 4.58. The first-order valence-corrected chi connectivity index (χ1v) is 9.57. The maximum atomic E-state index is 12.9. The zero-order valence-corrected chi connectivity index (χ0v) is 16.8. The van der Waals surface area contributed by atoms with E-state index in [0.29, 0.717) is 22.3 Å². The van der Waals surface area contributed by atoms with Gasteiger partial charge in [-0.3, -0.25) is 9.59 Å². The van der Waals surface area contributed by atoms with E-state index in [4.69, 9.17) is 11.6 Å². The van der Waals surface area contributed by atoms with Crippen LogP contribution >= 0.6 is 11.6 Å². The van der Waals surface area contributed by atoms with Crippen molar-refractivity contribution in [3.05, 3.63) is 88.7 Å². The molecule has 0 spiro atoms. The first-order chi connectivity index (χ1) is 14.7. The lowest BCUT2D eigenvalue weighted by molar-refractivity contribution is -0.137. The van der Waals surface area contributed by atoms with Crippen LogP contribution in [0.4, 0.5) is 13.2 Å². The molecule has 0 unspecified atom stereocenters. The Hall–Kier alpha value is -3.39. The van der Waals surface area contributed by atoms with E-state index >= 15 is 0 Å². The Morgan fingerprint density at radius 3 is 2.03 bits per heavy atom. The van der Waals surface area contributed by atoms with Crippen LogP contribution in [0, 0.1) is 0 Å². The predicted molar refractivity (Wildman–Crippen MR) is 111 cm³/mol. The lowest BCUT2D eigenvalue weighted by atomic mass is 10.0. The van der Waals surface area contributed by atoms with Crippen LogP contribution < -0.4 is 10.6 Å². The Labute approximate surface area is 181 Å². The number of amides is 2. The summed E-state index contributed by atoms with van der Waals surface area (Å²) in [4.78, 5) is 28.0. The number of nitrogens with zero attached hydrogens (tertiary/aromatic N) is 1. The van der Waals surface area contributed by atoms with Crippen molar-refractivity contribution >= 4 is 23.4 Å². The number of alkyl halides is 3. The number of carbonyl (C=O) groups excluding carboxylic acids is 2. The molecule has 0 atom stereocenters. The maximum absolute atomic E-state index is 12.9. The second kappa shape index (κ2) is 9.61. The molecule has 160 valence electrons. The number of benzene rings is 2. The molecule has 0 fully saturated rings. The minimum atomic E-state index is -4.42. The first-order valence-electron chi connectivity index (χ1n) is 9.20. The summed E-state index contributed by atoms with van der Waals surface area (Å²) in [6.07, 6.45) is -3.07. The quantitative estimate of drug-likeness (QED) is 0.429. The van der Waals surface area contributed by atoms with Crippen molar-refractivity contribution in [1.29, 1.82) is 0 Å². The predicted octanol–water partition coefficient (Wildman–Crippen LogP) is 4.58. The molecule has 2 aromatic carbocycles. The molecule has 0 aliphatic rings. The molecule has 2 N–H and O–H groups in total. The monoisotopic (exact) mass is 447 g/mol. The van der Waals surface area contributed by atoms with E-state index in [0.717, 1.165) is 12.1 Å². The fraction of sp³-hybridized carbons (Fsp3) is 0.136. The number of hydrogen-bond acceptors (Lipinski definition) is 3. The SMILES string of the molecule is O=C(NCCNC(=O)c1ccc(Cl)nc1)c1ccc(-c2cccc(C(F)(F)F)c2)cc1. The topological polar surface area (TPSA) is 71.1 Å². The van der Waals surface area contributed by atoms with Gasteiger partial charge in [-0.2, -0.15) is 13.2 Å². The number of hydrogen-bond donors (Lipinski definition) is 2. The summed E-state index contributed by atoms with van der Waals surface area (Å²) >= 11 is 5.67. The minimum Gasteiger partial charge on any atom is -0.350 e. The van der Waals surface area contributed by atoms with E-state index in [1.54, 1.807) is 18.2 Å². The van der Waals surface area contributed by atoms with Crippen molar-refractivity contribution in [2.24, 2.45) is 0 Å². The van der Waals surface area contributed by atoms with Gasteiger partial charge in [0.05, 0.1) is 11.1 Å². The van der Waals surface area contributed by atoms with Crippen LogP contribution in [0.1, 0.15) is 26.3 Å². The average molecular weight is 448 g/mol. The Bertz CT molecular complexity index is 1070. The van der Waals surface area contributed by atoms with Crippen molar-refractivity contribution in [2.75, 3.05) is 13.1 Å². The smallest absolute Gasteiger partial charge is 0.350 e. The Balaban J connectivity index is 1.52. The number of halogens is 4. The summed E-state index contributed by atoms with van der Waals surface area (Å²) in [6.45, 7) is 0.399. The highest BCUT2D eigenvalue weighted by molar-refractivity contribution is 6.29. The van der Waals surface area contributed by atoms with Crippen molar-refractivity contribution in [2.45, 2.75) is 6.18 Å². The van der Waals surface area contributed by atoms with E-state index in [1.165, 1.54) is 36.5 Å². The molecule has 1 aromatic heterocycles. The normalized spacial score (nSPS) is 11.1. The Morgan fingerprint density at radius 1 is 0.839 bits per heavy atom. The molecule has 3 rings (SSSR count). The molecule has 3 aromatic rings. The molecule has 0 aliphatic heterocycles. The van der Waals surface area contributed by atoms with Gasteiger partial charge in [0, 0.05) is 24.8 Å². The van der Waals surface area contributed by atoms with Crippen molar-refractivity contribution in [1.82, 2.24) is 15.6 Å². The molecule has 0 saturated carbocycles. The molecule has 31 heavy (non-hydrogen) atoms. The fourth-order valence-corrected chi connectivity index (χ4v) is 2.87. The Morgan fingerprint density at radius 2 is 1.45 bits per heavy atom. The summed E-state index contributed by atoms with van der Waals surface area (Å²) in [7, 11) is 0. The number of pyridine rings is 1. The van der Waals surface area contributed by atoms with Crippen LogP contribution in [-0.2, 0) is 6.18 Å². The van der Waals surface area contributed by atoms with Crippen LogP contribution in [-0.4, -0.2) is 29.9 Å². The second-order valence-corrected chi connectivity index (χ2v) is 6.92. The van der Waals surface area contributed by atoms with Gasteiger partial charge in [-0.25, -0.2) is 4.98 Å². The van der Waals surface area contributed by atoms with Gasteiger partial charge in [-0.1, -0.05) is 35.9 Å². The fourth-order valence-electron chi connectivity index (χ4n) is 2.76. The molecular weight excluding hydrogens is 431 g/mol. The van der Waals surface area contributed by atoms with Crippen LogP contribution in [0.3, 0.4) is 0 Å². The highest BCUT2D eigenvalue weighted by Crippen LogP contribution is 2.32. The molecule has 2 amide bonds. The lowest BCUT2D eigenvalue weighted by Crippen LogP contribution is -2.34. The zero-order valence-electron chi connectivity index (χ0n) is 16.0. The zero-order chi connectivity index (χ0) is 22.4. The van der Waals surface area contributed by atoms with Gasteiger partial charge in [0.1, 0.15) is 5.15 Å². The maximum Gasteiger partial charge on any atom is 0.416 e. The largest absolute Gasteiger partial charge is 0.416 e. The average Bonchev–Trinajstić information content (AvgIpc) is 2.76. The minimum absolute atomic E-state index is 0.195. The van der Waals surface area contributed by atoms with E-state index in [-0.39, 0.29) is 30.1 Å². The van der Waals surface area contributed by atoms with Gasteiger partial charge in [-0.15, -0.1) is 0 Å². The van der Waals surface area contributed by atoms with Gasteiger partial charge >= 0.3 is 6.18 Å². The number of rotatable bonds is 6. The molecule has 1 heterocycles. The van der Waals surface area contributed by atoms with Gasteiger partial charge in [0.15, 0.2) is 0 Å². The summed E-state index contributed by atoms with van der Waals surface area (Å²) in [6, 6.07) is 14.2. The van der Waals surface area contributed by atoms with Crippen LogP contribution in [0.15, 0.2) is 66.9 Å². The summed E-state index contributed by atoms with van der Waals surface area (Å²) < 4.78 is 38.6. The first kappa shape index (κ1) is 22.3. The highest BCUT2D eigenvalue weighted by Gasteiger charge is 2.30. The van der Waals surface area contributed by atoms with Crippen LogP contribution in [0.5, 0.6) is 0 Å². The molecule has 9 heteroatoms. The van der Waals surface area contributed by atoms with Gasteiger partial charge in [0.25, 0.3) is 11.8 Å². The van der Waals surface area contributed by atoms with Crippen molar-refractivity contribution in [3.8, 4) is 11.1 Å². The molecular formula is C22H17ClF3N3O2. The summed E-state index contributed by atoms with van der Waals surface area (Å²) in [5.41, 5.74) is 0.931. The number of nitrogens with one attached hydrogen (secondary N) is 2. The highest BCUT2D eigenvalue weighted by atomic mass is 35.5. The van der Waals surface area contributed by atoms with E-state index < -0.39 is 11.7 Å². The van der Waals surface area contributed by atoms with Crippen LogP contribution in [0.2, 0.25) is 5.15 Å². The van der Waals surface area contributed by atoms with E-state index in [1.807, 2.05) is 0 Å². The third kappa shape index (κ3) is 6.05. The third-order valence-electron chi connectivity index (χ3n) is 4.36. The van der Waals surface area contributed by atoms with Crippen molar-refractivity contribution in [3.63, 3.8) is 0 Å². The lowest BCUT2D eigenvalue weighted by Gasteiger charge is -2.10. The summed E-state index contributed by atoms with van der Waals surface area (Å²) in [5, 5.41) is 5.59. The molecule has 0 aliphatic carbocycles. The molecule has 0 saturated heterocycles. The molecule has 5 nitrogen and oxygen atoms in total. The number of aromatic nitrogens is 1. The molecule has 0 bridgehead atoms. The number of carbonyl (C=O) groups is 2. The van der Waals surface area contributed by atoms with Gasteiger partial charge in [-0.05, 0) is 47.5 Å². The van der Waals surface area contributed by atoms with Gasteiger partial charge in [0.2, 0.25) is 0 Å². The van der Waals surface area contributed by atoms with Gasteiger partial charge < -0.3 is 10.6 Å². The van der Waals surface area contributed by atoms with Crippen LogP contribution in [0.25, 0.3) is 11.1 Å². The van der Waals surface area contributed by atoms with E-state index in [9.17, 15) is 22.8 Å². The summed E-state index contributed by atoms with van der Waals surface area (Å²) in [5.74, 6) is -0.707.